The fourth-order valence-corrected chi connectivity index (χ4v) is 2.10. The third kappa shape index (κ3) is 4.33. The Kier molecular flexibility index (Phi) is 5.42. The molecule has 26 heavy (non-hydrogen) atoms. The van der Waals surface area contributed by atoms with Crippen LogP contribution in [0.15, 0.2) is 36.8 Å². The summed E-state index contributed by atoms with van der Waals surface area (Å²) in [7, 11) is 1.51. The van der Waals surface area contributed by atoms with Crippen molar-refractivity contribution in [2.24, 2.45) is 0 Å². The van der Waals surface area contributed by atoms with Crippen molar-refractivity contribution in [3.8, 4) is 23.2 Å². The van der Waals surface area contributed by atoms with Crippen LogP contribution in [-0.4, -0.2) is 38.7 Å². The fourth-order valence-electron chi connectivity index (χ4n) is 1.93. The van der Waals surface area contributed by atoms with Crippen molar-refractivity contribution in [2.75, 3.05) is 7.11 Å². The summed E-state index contributed by atoms with van der Waals surface area (Å²) in [5.41, 5.74) is 0.931. The second kappa shape index (κ2) is 7.91. The summed E-state index contributed by atoms with van der Waals surface area (Å²) in [5.74, 6) is 0.354. The van der Waals surface area contributed by atoms with E-state index in [0.717, 1.165) is 0 Å². The molecular weight excluding hydrogens is 372 g/mol. The Morgan fingerprint density at radius 2 is 2.00 bits per heavy atom. The van der Waals surface area contributed by atoms with Crippen LogP contribution in [0, 0.1) is 0 Å². The van der Waals surface area contributed by atoms with Crippen molar-refractivity contribution in [1.82, 2.24) is 25.0 Å². The van der Waals surface area contributed by atoms with Gasteiger partial charge in [-0.25, -0.2) is 4.68 Å². The smallest absolute Gasteiger partial charge is 0.387 e. The van der Waals surface area contributed by atoms with Crippen LogP contribution in [0.2, 0.25) is 5.02 Å². The first-order valence-corrected chi connectivity index (χ1v) is 7.58. The fraction of sp³-hybridized carbons (Fsp3) is 0.200. The molecular formula is C15H12ClF2N5O3. The summed E-state index contributed by atoms with van der Waals surface area (Å²) >= 11 is 5.83. The van der Waals surface area contributed by atoms with Gasteiger partial charge in [0.15, 0.2) is 5.75 Å². The van der Waals surface area contributed by atoms with Crippen LogP contribution in [0.4, 0.5) is 8.78 Å². The zero-order valence-corrected chi connectivity index (χ0v) is 14.1. The maximum Gasteiger partial charge on any atom is 0.387 e. The molecule has 136 valence electrons. The maximum absolute atomic E-state index is 12.4. The van der Waals surface area contributed by atoms with Crippen molar-refractivity contribution in [1.29, 1.82) is 0 Å². The first-order valence-electron chi connectivity index (χ1n) is 7.20. The minimum Gasteiger partial charge on any atom is -0.494 e. The van der Waals surface area contributed by atoms with E-state index in [1.807, 2.05) is 0 Å². The van der Waals surface area contributed by atoms with Crippen molar-refractivity contribution in [3.05, 3.63) is 47.5 Å². The Labute approximate surface area is 151 Å². The van der Waals surface area contributed by atoms with Gasteiger partial charge in [-0.3, -0.25) is 0 Å². The normalized spacial score (nSPS) is 10.8. The highest BCUT2D eigenvalue weighted by Gasteiger charge is 2.12. The molecule has 3 aromatic rings. The molecule has 0 aliphatic heterocycles. The van der Waals surface area contributed by atoms with Crippen LogP contribution in [0.1, 0.15) is 5.69 Å². The summed E-state index contributed by atoms with van der Waals surface area (Å²) < 4.78 is 40.9. The second-order valence-electron chi connectivity index (χ2n) is 4.84. The lowest BCUT2D eigenvalue weighted by molar-refractivity contribution is -0.0497. The zero-order chi connectivity index (χ0) is 18.5. The average Bonchev–Trinajstić information content (AvgIpc) is 3.11. The summed E-state index contributed by atoms with van der Waals surface area (Å²) in [6.07, 6.45) is 4.51. The number of alkyl halides is 2. The molecule has 0 bridgehead atoms. The van der Waals surface area contributed by atoms with Gasteiger partial charge >= 0.3 is 12.6 Å². The Balaban J connectivity index is 1.69. The molecule has 0 aliphatic carbocycles. The third-order valence-electron chi connectivity index (χ3n) is 3.13. The number of hydrogen-bond acceptors (Lipinski definition) is 7. The van der Waals surface area contributed by atoms with E-state index in [9.17, 15) is 8.78 Å². The molecule has 8 nitrogen and oxygen atoms in total. The van der Waals surface area contributed by atoms with Crippen LogP contribution < -0.4 is 14.2 Å². The number of halogens is 3. The lowest BCUT2D eigenvalue weighted by Gasteiger charge is -2.08. The standard InChI is InChI=1S/C15H12ClF2N5O3/c1-24-11-5-19-15(20-6-11)25-8-9-7-23(22-21-9)10-2-3-12(16)13(4-10)26-14(17)18/h2-7,14H,8H2,1H3. The number of hydrogen-bond donors (Lipinski definition) is 0. The lowest BCUT2D eigenvalue weighted by atomic mass is 10.3. The Bertz CT molecular complexity index is 876. The number of methoxy groups -OCH3 is 1. The van der Waals surface area contributed by atoms with Crippen molar-refractivity contribution < 1.29 is 23.0 Å². The molecule has 11 heteroatoms. The predicted molar refractivity (Wildman–Crippen MR) is 85.9 cm³/mol. The summed E-state index contributed by atoms with van der Waals surface area (Å²) in [4.78, 5) is 7.93. The average molecular weight is 384 g/mol. The van der Waals surface area contributed by atoms with Crippen molar-refractivity contribution in [2.45, 2.75) is 13.2 Å². The highest BCUT2D eigenvalue weighted by Crippen LogP contribution is 2.28. The molecule has 0 fully saturated rings. The van der Waals surface area contributed by atoms with Gasteiger partial charge < -0.3 is 14.2 Å². The van der Waals surface area contributed by atoms with Gasteiger partial charge in [-0.15, -0.1) is 5.10 Å². The Hall–Kier alpha value is -3.01. The van der Waals surface area contributed by atoms with Crippen LogP contribution in [-0.2, 0) is 6.61 Å². The van der Waals surface area contributed by atoms with E-state index in [1.165, 1.54) is 36.3 Å². The van der Waals surface area contributed by atoms with Gasteiger partial charge in [0.05, 0.1) is 36.4 Å². The van der Waals surface area contributed by atoms with E-state index in [-0.39, 0.29) is 23.4 Å². The molecule has 0 amide bonds. The zero-order valence-electron chi connectivity index (χ0n) is 13.3. The molecule has 0 atom stereocenters. The van der Waals surface area contributed by atoms with E-state index in [4.69, 9.17) is 21.1 Å². The van der Waals surface area contributed by atoms with Gasteiger partial charge in [0, 0.05) is 6.07 Å². The number of benzene rings is 1. The van der Waals surface area contributed by atoms with Gasteiger partial charge in [-0.1, -0.05) is 16.8 Å². The molecule has 2 heterocycles. The van der Waals surface area contributed by atoms with Crippen LogP contribution in [0.5, 0.6) is 17.5 Å². The summed E-state index contributed by atoms with van der Waals surface area (Å²) in [5, 5.41) is 7.92. The van der Waals surface area contributed by atoms with Gasteiger partial charge in [0.25, 0.3) is 0 Å². The highest BCUT2D eigenvalue weighted by molar-refractivity contribution is 6.32. The first kappa shape index (κ1) is 17.8. The monoisotopic (exact) mass is 383 g/mol. The van der Waals surface area contributed by atoms with Gasteiger partial charge in [0.2, 0.25) is 0 Å². The minimum atomic E-state index is -2.98. The first-order chi connectivity index (χ1) is 12.5. The number of rotatable bonds is 7. The third-order valence-corrected chi connectivity index (χ3v) is 3.44. The predicted octanol–water partition coefficient (Wildman–Crippen LogP) is 2.90. The molecule has 0 spiro atoms. The number of aromatic nitrogens is 5. The Morgan fingerprint density at radius 1 is 1.23 bits per heavy atom. The second-order valence-corrected chi connectivity index (χ2v) is 5.25. The molecule has 0 saturated heterocycles. The molecule has 0 N–H and O–H groups in total. The van der Waals surface area contributed by atoms with Crippen LogP contribution in [0.3, 0.4) is 0 Å². The topological polar surface area (TPSA) is 84.2 Å². The molecule has 3 rings (SSSR count). The van der Waals surface area contributed by atoms with E-state index in [0.29, 0.717) is 17.1 Å². The number of ether oxygens (including phenoxy) is 3. The quantitative estimate of drug-likeness (QED) is 0.620. The number of nitrogens with zero attached hydrogens (tertiary/aromatic N) is 5. The lowest BCUT2D eigenvalue weighted by Crippen LogP contribution is -2.03. The summed E-state index contributed by atoms with van der Waals surface area (Å²) in [6.45, 7) is -2.91. The minimum absolute atomic E-state index is 0.0642. The molecule has 0 radical (unpaired) electrons. The highest BCUT2D eigenvalue weighted by atomic mass is 35.5. The Morgan fingerprint density at radius 3 is 2.69 bits per heavy atom. The SMILES string of the molecule is COc1cnc(OCc2cn(-c3ccc(Cl)c(OC(F)F)c3)nn2)nc1. The van der Waals surface area contributed by atoms with E-state index in [2.05, 4.69) is 25.0 Å². The summed E-state index contributed by atoms with van der Waals surface area (Å²) in [6, 6.07) is 4.50. The van der Waals surface area contributed by atoms with Crippen molar-refractivity contribution >= 4 is 11.6 Å². The van der Waals surface area contributed by atoms with E-state index < -0.39 is 6.61 Å². The van der Waals surface area contributed by atoms with Gasteiger partial charge in [-0.2, -0.15) is 18.7 Å². The van der Waals surface area contributed by atoms with E-state index >= 15 is 0 Å². The van der Waals surface area contributed by atoms with E-state index in [1.54, 1.807) is 12.3 Å². The molecule has 1 aromatic carbocycles. The van der Waals surface area contributed by atoms with Crippen LogP contribution in [0.25, 0.3) is 5.69 Å². The van der Waals surface area contributed by atoms with Crippen LogP contribution >= 0.6 is 11.6 Å². The van der Waals surface area contributed by atoms with Gasteiger partial charge in [0.1, 0.15) is 18.1 Å². The molecule has 0 saturated carbocycles. The maximum atomic E-state index is 12.4. The van der Waals surface area contributed by atoms with Crippen molar-refractivity contribution in [3.63, 3.8) is 0 Å². The molecule has 0 unspecified atom stereocenters. The van der Waals surface area contributed by atoms with Gasteiger partial charge in [-0.05, 0) is 12.1 Å². The molecule has 2 aromatic heterocycles. The molecule has 0 aliphatic rings. The largest absolute Gasteiger partial charge is 0.494 e.